The molecule has 4 nitrogen and oxygen atoms in total. The highest BCUT2D eigenvalue weighted by Gasteiger charge is 2.46. The Morgan fingerprint density at radius 3 is 2.50 bits per heavy atom. The van der Waals surface area contributed by atoms with E-state index in [0.717, 1.165) is 0 Å². The Labute approximate surface area is 113 Å². The summed E-state index contributed by atoms with van der Waals surface area (Å²) >= 11 is 6.17. The minimum Gasteiger partial charge on any atom is -0.399 e. The summed E-state index contributed by atoms with van der Waals surface area (Å²) in [7, 11) is -3.60. The monoisotopic (exact) mass is 291 g/mol. The first-order chi connectivity index (χ1) is 8.28. The Morgan fingerprint density at radius 1 is 1.44 bits per heavy atom. The summed E-state index contributed by atoms with van der Waals surface area (Å²) < 4.78 is 22.3. The van der Waals surface area contributed by atoms with Gasteiger partial charge in [0.05, 0.1) is 0 Å². The van der Waals surface area contributed by atoms with E-state index in [0.29, 0.717) is 11.3 Å². The number of rotatable bonds is 5. The van der Waals surface area contributed by atoms with Crippen molar-refractivity contribution < 1.29 is 13.5 Å². The molecule has 0 aliphatic carbocycles. The van der Waals surface area contributed by atoms with Gasteiger partial charge in [-0.05, 0) is 24.1 Å². The summed E-state index contributed by atoms with van der Waals surface area (Å²) in [5, 5.41) is 10.3. The minimum absolute atomic E-state index is 0.112. The molecule has 0 spiro atoms. The van der Waals surface area contributed by atoms with E-state index in [1.807, 2.05) is 0 Å². The van der Waals surface area contributed by atoms with Gasteiger partial charge in [0.1, 0.15) is 6.10 Å². The topological polar surface area (TPSA) is 80.4 Å². The van der Waals surface area contributed by atoms with E-state index in [1.54, 1.807) is 25.1 Å². The fraction of sp³-hybridized carbons (Fsp3) is 0.500. The van der Waals surface area contributed by atoms with E-state index in [1.165, 1.54) is 13.0 Å². The van der Waals surface area contributed by atoms with Gasteiger partial charge in [-0.3, -0.25) is 0 Å². The first-order valence-corrected chi connectivity index (χ1v) is 7.76. The zero-order valence-electron chi connectivity index (χ0n) is 10.4. The van der Waals surface area contributed by atoms with Crippen LogP contribution in [0.2, 0.25) is 0 Å². The van der Waals surface area contributed by atoms with Gasteiger partial charge >= 0.3 is 0 Å². The van der Waals surface area contributed by atoms with Crippen LogP contribution in [0.5, 0.6) is 0 Å². The van der Waals surface area contributed by atoms with Gasteiger partial charge in [0.15, 0.2) is 14.0 Å². The van der Waals surface area contributed by atoms with Gasteiger partial charge < -0.3 is 10.8 Å². The van der Waals surface area contributed by atoms with Crippen LogP contribution in [0, 0.1) is 0 Å². The van der Waals surface area contributed by atoms with Crippen LogP contribution < -0.4 is 5.73 Å². The number of alkyl halides is 1. The van der Waals surface area contributed by atoms with E-state index in [9.17, 15) is 13.5 Å². The molecule has 2 atom stereocenters. The van der Waals surface area contributed by atoms with E-state index in [2.05, 4.69) is 0 Å². The lowest BCUT2D eigenvalue weighted by molar-refractivity contribution is 0.154. The second-order valence-corrected chi connectivity index (χ2v) is 7.55. The molecule has 0 aliphatic heterocycles. The quantitative estimate of drug-likeness (QED) is 0.643. The van der Waals surface area contributed by atoms with Crippen LogP contribution in [-0.2, 0) is 9.84 Å². The highest BCUT2D eigenvalue weighted by molar-refractivity contribution is 7.94. The molecule has 1 rings (SSSR count). The lowest BCUT2D eigenvalue weighted by atomic mass is 10.0. The van der Waals surface area contributed by atoms with Crippen molar-refractivity contribution >= 4 is 27.1 Å². The average molecular weight is 292 g/mol. The number of hydrogen-bond donors (Lipinski definition) is 2. The maximum atomic E-state index is 12.0. The van der Waals surface area contributed by atoms with Crippen molar-refractivity contribution in [3.05, 3.63) is 29.8 Å². The van der Waals surface area contributed by atoms with Gasteiger partial charge in [0.25, 0.3) is 0 Å². The number of nitrogen functional groups attached to an aromatic ring is 1. The molecule has 0 aromatic heterocycles. The standard InChI is InChI=1S/C12H18ClNO3S/c1-3-12(13,18(16,17)4-2)11(15)9-6-5-7-10(14)8-9/h5-8,11,15H,3-4,14H2,1-2H3/t11-,12+/m0/s1. The van der Waals surface area contributed by atoms with Crippen molar-refractivity contribution in [1.82, 2.24) is 0 Å². The molecule has 0 bridgehead atoms. The van der Waals surface area contributed by atoms with E-state index in [-0.39, 0.29) is 12.2 Å². The lowest BCUT2D eigenvalue weighted by Crippen LogP contribution is -2.39. The molecule has 1 aromatic rings. The average Bonchev–Trinajstić information content (AvgIpc) is 2.36. The van der Waals surface area contributed by atoms with Gasteiger partial charge in [-0.25, -0.2) is 8.42 Å². The second-order valence-electron chi connectivity index (χ2n) is 4.12. The van der Waals surface area contributed by atoms with Gasteiger partial charge in [0, 0.05) is 11.4 Å². The molecule has 0 unspecified atom stereocenters. The van der Waals surface area contributed by atoms with Gasteiger partial charge in [-0.15, -0.1) is 0 Å². The van der Waals surface area contributed by atoms with E-state index < -0.39 is 20.1 Å². The van der Waals surface area contributed by atoms with E-state index >= 15 is 0 Å². The third-order valence-electron chi connectivity index (χ3n) is 3.01. The Balaban J connectivity index is 3.26. The molecule has 0 radical (unpaired) electrons. The fourth-order valence-electron chi connectivity index (χ4n) is 1.80. The zero-order valence-corrected chi connectivity index (χ0v) is 12.0. The maximum Gasteiger partial charge on any atom is 0.175 e. The normalized spacial score (nSPS) is 17.1. The van der Waals surface area contributed by atoms with Crippen LogP contribution in [0.3, 0.4) is 0 Å². The Morgan fingerprint density at radius 2 is 2.06 bits per heavy atom. The fourth-order valence-corrected chi connectivity index (χ4v) is 3.65. The van der Waals surface area contributed by atoms with Crippen LogP contribution in [0.1, 0.15) is 31.9 Å². The highest BCUT2D eigenvalue weighted by atomic mass is 35.5. The summed E-state index contributed by atoms with van der Waals surface area (Å²) in [6, 6.07) is 6.45. The van der Waals surface area contributed by atoms with Crippen LogP contribution in [-0.4, -0.2) is 23.5 Å². The van der Waals surface area contributed by atoms with Gasteiger partial charge in [-0.2, -0.15) is 0 Å². The van der Waals surface area contributed by atoms with Crippen molar-refractivity contribution in [2.45, 2.75) is 30.6 Å². The Kier molecular flexibility index (Phi) is 4.64. The molecular formula is C12H18ClNO3S. The second kappa shape index (κ2) is 5.47. The molecule has 3 N–H and O–H groups in total. The molecule has 0 fully saturated rings. The molecule has 1 aromatic carbocycles. The predicted molar refractivity (Wildman–Crippen MR) is 74.2 cm³/mol. The minimum atomic E-state index is -3.60. The summed E-state index contributed by atoms with van der Waals surface area (Å²) in [4.78, 5) is 0. The van der Waals surface area contributed by atoms with Crippen LogP contribution >= 0.6 is 11.6 Å². The summed E-state index contributed by atoms with van der Waals surface area (Å²) in [5.74, 6) is -0.121. The SMILES string of the molecule is CC[C@](Cl)([C@@H](O)c1cccc(N)c1)S(=O)(=O)CC. The number of sulfone groups is 1. The van der Waals surface area contributed by atoms with Crippen molar-refractivity contribution in [2.24, 2.45) is 0 Å². The summed E-state index contributed by atoms with van der Waals surface area (Å²) in [6.07, 6.45) is -1.20. The molecule has 0 saturated heterocycles. The van der Waals surface area contributed by atoms with Crippen molar-refractivity contribution in [2.75, 3.05) is 11.5 Å². The summed E-state index contributed by atoms with van der Waals surface area (Å²) in [6.45, 7) is 3.14. The molecule has 0 saturated carbocycles. The largest absolute Gasteiger partial charge is 0.399 e. The van der Waals surface area contributed by atoms with Crippen LogP contribution in [0.15, 0.2) is 24.3 Å². The first kappa shape index (κ1) is 15.3. The number of anilines is 1. The molecule has 0 aliphatic rings. The third kappa shape index (κ3) is 2.63. The lowest BCUT2D eigenvalue weighted by Gasteiger charge is -2.30. The first-order valence-electron chi connectivity index (χ1n) is 5.73. The van der Waals surface area contributed by atoms with Crippen LogP contribution in [0.4, 0.5) is 5.69 Å². The third-order valence-corrected chi connectivity index (χ3v) is 6.50. The zero-order chi connectivity index (χ0) is 14.0. The molecule has 6 heteroatoms. The molecule has 0 amide bonds. The van der Waals surface area contributed by atoms with Crippen LogP contribution in [0.25, 0.3) is 0 Å². The maximum absolute atomic E-state index is 12.0. The summed E-state index contributed by atoms with van der Waals surface area (Å²) in [5.41, 5.74) is 6.48. The Bertz CT molecular complexity index is 518. The number of benzene rings is 1. The van der Waals surface area contributed by atoms with E-state index in [4.69, 9.17) is 17.3 Å². The highest BCUT2D eigenvalue weighted by Crippen LogP contribution is 2.40. The number of aliphatic hydroxyl groups is 1. The Hall–Kier alpha value is -0.780. The van der Waals surface area contributed by atoms with Crippen molar-refractivity contribution in [1.29, 1.82) is 0 Å². The molecule has 18 heavy (non-hydrogen) atoms. The number of halogens is 1. The molecular weight excluding hydrogens is 274 g/mol. The number of aliphatic hydroxyl groups excluding tert-OH is 1. The van der Waals surface area contributed by atoms with Crippen molar-refractivity contribution in [3.63, 3.8) is 0 Å². The molecule has 0 heterocycles. The molecule has 102 valence electrons. The number of hydrogen-bond acceptors (Lipinski definition) is 4. The smallest absolute Gasteiger partial charge is 0.175 e. The van der Waals surface area contributed by atoms with Gasteiger partial charge in [-0.1, -0.05) is 37.6 Å². The van der Waals surface area contributed by atoms with Gasteiger partial charge in [0.2, 0.25) is 0 Å². The number of nitrogens with two attached hydrogens (primary N) is 1. The van der Waals surface area contributed by atoms with Crippen molar-refractivity contribution in [3.8, 4) is 0 Å². The predicted octanol–water partition coefficient (Wildman–Crippen LogP) is 2.08.